The Morgan fingerprint density at radius 1 is 1.11 bits per heavy atom. The average Bonchev–Trinajstić information content (AvgIpc) is 2.27. The molecule has 1 aromatic carbocycles. The van der Waals surface area contributed by atoms with E-state index in [1.54, 1.807) is 0 Å². The predicted octanol–water partition coefficient (Wildman–Crippen LogP) is 4.95. The second-order valence-electron chi connectivity index (χ2n) is 5.28. The Morgan fingerprint density at radius 2 is 1.83 bits per heavy atom. The van der Waals surface area contributed by atoms with Gasteiger partial charge in [-0.3, -0.25) is 0 Å². The highest BCUT2D eigenvalue weighted by Crippen LogP contribution is 2.23. The second kappa shape index (κ2) is 8.04. The standard InChI is InChI=1S/C15H23Cl2N/c1-11(2)18-9-8-12(3)4-5-13-6-7-14(16)10-15(13)17/h6-7,10-12,18H,4-5,8-9H2,1-3H3. The van der Waals surface area contributed by atoms with E-state index in [4.69, 9.17) is 23.2 Å². The van der Waals surface area contributed by atoms with Crippen molar-refractivity contribution < 1.29 is 0 Å². The maximum absolute atomic E-state index is 6.16. The van der Waals surface area contributed by atoms with Crippen LogP contribution in [0.2, 0.25) is 10.0 Å². The molecular formula is C15H23Cl2N. The van der Waals surface area contributed by atoms with Gasteiger partial charge in [-0.15, -0.1) is 0 Å². The van der Waals surface area contributed by atoms with E-state index in [-0.39, 0.29) is 0 Å². The Kier molecular flexibility index (Phi) is 7.06. The molecule has 0 saturated heterocycles. The minimum Gasteiger partial charge on any atom is -0.315 e. The highest BCUT2D eigenvalue weighted by atomic mass is 35.5. The summed E-state index contributed by atoms with van der Waals surface area (Å²) in [5.41, 5.74) is 1.20. The molecule has 0 saturated carbocycles. The van der Waals surface area contributed by atoms with Crippen LogP contribution < -0.4 is 5.32 Å². The van der Waals surface area contributed by atoms with Gasteiger partial charge in [0.05, 0.1) is 0 Å². The van der Waals surface area contributed by atoms with Gasteiger partial charge in [0.2, 0.25) is 0 Å². The quantitative estimate of drug-likeness (QED) is 0.748. The van der Waals surface area contributed by atoms with Crippen molar-refractivity contribution in [1.29, 1.82) is 0 Å². The van der Waals surface area contributed by atoms with E-state index in [9.17, 15) is 0 Å². The van der Waals surface area contributed by atoms with Crippen molar-refractivity contribution in [3.05, 3.63) is 33.8 Å². The molecule has 0 aliphatic rings. The first-order chi connectivity index (χ1) is 8.49. The Labute approximate surface area is 121 Å². The third-order valence-electron chi connectivity index (χ3n) is 3.11. The number of hydrogen-bond acceptors (Lipinski definition) is 1. The molecule has 0 aliphatic carbocycles. The van der Waals surface area contributed by atoms with Gasteiger partial charge < -0.3 is 5.32 Å². The van der Waals surface area contributed by atoms with Crippen LogP contribution in [0, 0.1) is 5.92 Å². The van der Waals surface area contributed by atoms with Gasteiger partial charge in [0, 0.05) is 16.1 Å². The Hall–Kier alpha value is -0.240. The molecule has 102 valence electrons. The van der Waals surface area contributed by atoms with E-state index >= 15 is 0 Å². The van der Waals surface area contributed by atoms with Gasteiger partial charge >= 0.3 is 0 Å². The molecule has 0 aromatic heterocycles. The molecule has 0 heterocycles. The van der Waals surface area contributed by atoms with Crippen LogP contribution in [-0.2, 0) is 6.42 Å². The molecule has 1 nitrogen and oxygen atoms in total. The third kappa shape index (κ3) is 6.08. The molecule has 0 fully saturated rings. The number of aryl methyl sites for hydroxylation is 1. The molecule has 3 heteroatoms. The monoisotopic (exact) mass is 287 g/mol. The maximum Gasteiger partial charge on any atom is 0.0452 e. The molecular weight excluding hydrogens is 265 g/mol. The molecule has 1 rings (SSSR count). The molecule has 1 N–H and O–H groups in total. The largest absolute Gasteiger partial charge is 0.315 e. The molecule has 0 radical (unpaired) electrons. The van der Waals surface area contributed by atoms with Crippen molar-refractivity contribution in [2.45, 2.75) is 46.1 Å². The SMILES string of the molecule is CC(CCNC(C)C)CCc1ccc(Cl)cc1Cl. The molecule has 1 atom stereocenters. The lowest BCUT2D eigenvalue weighted by Gasteiger charge is -2.14. The highest BCUT2D eigenvalue weighted by Gasteiger charge is 2.06. The lowest BCUT2D eigenvalue weighted by molar-refractivity contribution is 0.454. The van der Waals surface area contributed by atoms with Crippen LogP contribution in [-0.4, -0.2) is 12.6 Å². The fourth-order valence-corrected chi connectivity index (χ4v) is 2.39. The van der Waals surface area contributed by atoms with Gasteiger partial charge in [-0.05, 0) is 49.4 Å². The van der Waals surface area contributed by atoms with E-state index in [0.717, 1.165) is 18.0 Å². The van der Waals surface area contributed by atoms with Crippen LogP contribution in [0.25, 0.3) is 0 Å². The number of hydrogen-bond donors (Lipinski definition) is 1. The number of halogens is 2. The topological polar surface area (TPSA) is 12.0 Å². The van der Waals surface area contributed by atoms with Gasteiger partial charge in [-0.1, -0.05) is 50.0 Å². The summed E-state index contributed by atoms with van der Waals surface area (Å²) in [7, 11) is 0. The van der Waals surface area contributed by atoms with Gasteiger partial charge in [-0.25, -0.2) is 0 Å². The summed E-state index contributed by atoms with van der Waals surface area (Å²) >= 11 is 12.0. The zero-order chi connectivity index (χ0) is 13.5. The van der Waals surface area contributed by atoms with Crippen molar-refractivity contribution in [2.24, 2.45) is 5.92 Å². The van der Waals surface area contributed by atoms with Crippen LogP contribution in [0.5, 0.6) is 0 Å². The summed E-state index contributed by atoms with van der Waals surface area (Å²) < 4.78 is 0. The molecule has 18 heavy (non-hydrogen) atoms. The number of rotatable bonds is 7. The average molecular weight is 288 g/mol. The summed E-state index contributed by atoms with van der Waals surface area (Å²) in [6.45, 7) is 7.75. The predicted molar refractivity (Wildman–Crippen MR) is 81.7 cm³/mol. The first-order valence-corrected chi connectivity index (χ1v) is 7.42. The van der Waals surface area contributed by atoms with Crippen molar-refractivity contribution in [3.63, 3.8) is 0 Å². The summed E-state index contributed by atoms with van der Waals surface area (Å²) in [5.74, 6) is 0.711. The Balaban J connectivity index is 2.31. The number of nitrogens with one attached hydrogen (secondary N) is 1. The number of benzene rings is 1. The summed E-state index contributed by atoms with van der Waals surface area (Å²) in [4.78, 5) is 0. The molecule has 0 bridgehead atoms. The molecule has 1 unspecified atom stereocenters. The van der Waals surface area contributed by atoms with E-state index in [1.165, 1.54) is 18.4 Å². The molecule has 1 aromatic rings. The fraction of sp³-hybridized carbons (Fsp3) is 0.600. The van der Waals surface area contributed by atoms with Gasteiger partial charge in [0.15, 0.2) is 0 Å². The molecule has 0 aliphatic heterocycles. The summed E-state index contributed by atoms with van der Waals surface area (Å²) in [5, 5.41) is 4.94. The minimum atomic E-state index is 0.572. The minimum absolute atomic E-state index is 0.572. The van der Waals surface area contributed by atoms with E-state index < -0.39 is 0 Å². The van der Waals surface area contributed by atoms with Crippen molar-refractivity contribution >= 4 is 23.2 Å². The Bertz CT molecular complexity index is 364. The zero-order valence-corrected chi connectivity index (χ0v) is 13.0. The highest BCUT2D eigenvalue weighted by molar-refractivity contribution is 6.35. The Morgan fingerprint density at radius 3 is 2.44 bits per heavy atom. The smallest absolute Gasteiger partial charge is 0.0452 e. The van der Waals surface area contributed by atoms with Gasteiger partial charge in [-0.2, -0.15) is 0 Å². The van der Waals surface area contributed by atoms with Gasteiger partial charge in [0.25, 0.3) is 0 Å². The normalized spacial score (nSPS) is 13.0. The lowest BCUT2D eigenvalue weighted by atomic mass is 9.98. The van der Waals surface area contributed by atoms with E-state index in [1.807, 2.05) is 18.2 Å². The van der Waals surface area contributed by atoms with Crippen LogP contribution in [0.4, 0.5) is 0 Å². The van der Waals surface area contributed by atoms with Crippen LogP contribution in [0.3, 0.4) is 0 Å². The van der Waals surface area contributed by atoms with Crippen molar-refractivity contribution in [3.8, 4) is 0 Å². The molecule has 0 spiro atoms. The summed E-state index contributed by atoms with van der Waals surface area (Å²) in [6.07, 6.45) is 3.41. The first kappa shape index (κ1) is 15.8. The van der Waals surface area contributed by atoms with Crippen LogP contribution in [0.15, 0.2) is 18.2 Å². The van der Waals surface area contributed by atoms with Crippen molar-refractivity contribution in [2.75, 3.05) is 6.54 Å². The fourth-order valence-electron chi connectivity index (χ4n) is 1.89. The second-order valence-corrected chi connectivity index (χ2v) is 6.12. The molecule has 0 amide bonds. The first-order valence-electron chi connectivity index (χ1n) is 6.66. The summed E-state index contributed by atoms with van der Waals surface area (Å²) in [6, 6.07) is 6.34. The maximum atomic E-state index is 6.16. The lowest BCUT2D eigenvalue weighted by Crippen LogP contribution is -2.25. The van der Waals surface area contributed by atoms with Crippen LogP contribution >= 0.6 is 23.2 Å². The van der Waals surface area contributed by atoms with Crippen LogP contribution in [0.1, 0.15) is 39.2 Å². The zero-order valence-electron chi connectivity index (χ0n) is 11.5. The van der Waals surface area contributed by atoms with E-state index in [0.29, 0.717) is 17.0 Å². The van der Waals surface area contributed by atoms with Crippen molar-refractivity contribution in [1.82, 2.24) is 5.32 Å². The van der Waals surface area contributed by atoms with Gasteiger partial charge in [0.1, 0.15) is 0 Å². The third-order valence-corrected chi connectivity index (χ3v) is 3.70. The van der Waals surface area contributed by atoms with E-state index in [2.05, 4.69) is 26.1 Å².